The normalized spacial score (nSPS) is 56.7. The van der Waals surface area contributed by atoms with Crippen molar-refractivity contribution >= 4 is 5.97 Å². The second kappa shape index (κ2) is 16.1. The summed E-state index contributed by atoms with van der Waals surface area (Å²) in [7, 11) is 1.39. The summed E-state index contributed by atoms with van der Waals surface area (Å²) >= 11 is 0. The van der Waals surface area contributed by atoms with Crippen molar-refractivity contribution in [2.24, 2.45) is 28.6 Å². The van der Waals surface area contributed by atoms with Crippen LogP contribution in [0.4, 0.5) is 0 Å². The van der Waals surface area contributed by atoms with Crippen molar-refractivity contribution in [1.29, 1.82) is 0 Å². The molecule has 0 unspecified atom stereocenters. The molecule has 5 aliphatic heterocycles. The molecular formula is C42H64O19. The SMILES string of the molecule is CO[C@H]1[C@H](O)[C@H](O[C@H]2CC[C@@]3(C)[C@@H](C2)C[C@@H]2O[C@]24[C@@H]3CC[C@]2(C)[C@@H](C3=CC(=O)OC3)CC[C@]42O)O[C@@H](C)[C@@H]1O[C@H]1O[C@H](CO[C@H]2O[C@H](CO)[C@@H](O)[C@H](O)[C@H]2O)[C@@H](O)[C@H](O)[C@H]1O. The van der Waals surface area contributed by atoms with Crippen LogP contribution in [0.2, 0.25) is 0 Å². The Labute approximate surface area is 353 Å². The zero-order valence-corrected chi connectivity index (χ0v) is 35.0. The maximum absolute atomic E-state index is 12.8. The third-order valence-electron chi connectivity index (χ3n) is 16.9. The van der Waals surface area contributed by atoms with Crippen molar-refractivity contribution in [3.63, 3.8) is 0 Å². The van der Waals surface area contributed by atoms with Gasteiger partial charge in [-0.25, -0.2) is 4.79 Å². The summed E-state index contributed by atoms with van der Waals surface area (Å²) in [6, 6.07) is 0. The molecule has 8 fully saturated rings. The average molecular weight is 873 g/mol. The fraction of sp³-hybridized carbons (Fsp3) is 0.929. The molecule has 9 N–H and O–H groups in total. The number of fused-ring (bicyclic) bond motifs is 3. The van der Waals surface area contributed by atoms with E-state index in [1.54, 1.807) is 13.0 Å². The van der Waals surface area contributed by atoms with Crippen molar-refractivity contribution in [2.45, 2.75) is 188 Å². The number of rotatable bonds is 10. The predicted octanol–water partition coefficient (Wildman–Crippen LogP) is -2.11. The summed E-state index contributed by atoms with van der Waals surface area (Å²) < 4.78 is 53.4. The lowest BCUT2D eigenvalue weighted by atomic mass is 9.43. The van der Waals surface area contributed by atoms with Gasteiger partial charge >= 0.3 is 5.97 Å². The first-order valence-electron chi connectivity index (χ1n) is 22.0. The molecule has 19 heteroatoms. The second-order valence-electron chi connectivity index (χ2n) is 19.7. The molecule has 0 aromatic rings. The van der Waals surface area contributed by atoms with E-state index in [9.17, 15) is 50.8 Å². The number of carbonyl (C=O) groups excluding carboxylic acids is 1. The Bertz CT molecular complexity index is 1670. The number of hydrogen-bond donors (Lipinski definition) is 9. The number of epoxide rings is 1. The Hall–Kier alpha value is -1.47. The molecule has 0 amide bonds. The van der Waals surface area contributed by atoms with Gasteiger partial charge in [0.05, 0.1) is 31.5 Å². The van der Waals surface area contributed by atoms with E-state index >= 15 is 0 Å². The monoisotopic (exact) mass is 872 g/mol. The molecule has 9 aliphatic rings. The summed E-state index contributed by atoms with van der Waals surface area (Å²) in [6.45, 7) is 5.27. The number of carbonyl (C=O) groups is 1. The lowest BCUT2D eigenvalue weighted by Gasteiger charge is -2.62. The Kier molecular flexibility index (Phi) is 11.8. The zero-order valence-electron chi connectivity index (χ0n) is 35.0. The summed E-state index contributed by atoms with van der Waals surface area (Å²) in [5.74, 6) is 0.142. The van der Waals surface area contributed by atoms with Crippen LogP contribution in [0.3, 0.4) is 0 Å². The van der Waals surface area contributed by atoms with E-state index < -0.39 is 122 Å². The van der Waals surface area contributed by atoms with Crippen LogP contribution in [0.15, 0.2) is 11.6 Å². The topological polar surface area (TPSA) is 286 Å². The molecule has 4 saturated heterocycles. The van der Waals surface area contributed by atoms with Gasteiger partial charge in [0.1, 0.15) is 85.0 Å². The zero-order chi connectivity index (χ0) is 43.6. The van der Waals surface area contributed by atoms with Crippen LogP contribution in [0.25, 0.3) is 0 Å². The van der Waals surface area contributed by atoms with E-state index in [0.717, 1.165) is 37.7 Å². The molecule has 0 aromatic carbocycles. The summed E-state index contributed by atoms with van der Waals surface area (Å²) in [6.07, 6.45) is -13.9. The third kappa shape index (κ3) is 6.83. The van der Waals surface area contributed by atoms with Gasteiger partial charge in [-0.15, -0.1) is 0 Å². The van der Waals surface area contributed by atoms with E-state index in [4.69, 9.17) is 42.6 Å². The van der Waals surface area contributed by atoms with Crippen molar-refractivity contribution in [1.82, 2.24) is 0 Å². The van der Waals surface area contributed by atoms with Crippen LogP contribution < -0.4 is 0 Å². The van der Waals surface area contributed by atoms with Crippen molar-refractivity contribution < 1.29 is 93.4 Å². The van der Waals surface area contributed by atoms with Crippen molar-refractivity contribution in [2.75, 3.05) is 26.9 Å². The van der Waals surface area contributed by atoms with E-state index in [0.29, 0.717) is 19.3 Å². The van der Waals surface area contributed by atoms with Gasteiger partial charge in [-0.1, -0.05) is 13.8 Å². The maximum atomic E-state index is 12.8. The molecule has 0 radical (unpaired) electrons. The smallest absolute Gasteiger partial charge is 0.331 e. The van der Waals surface area contributed by atoms with Gasteiger partial charge < -0.3 is 88.6 Å². The first-order valence-corrected chi connectivity index (χ1v) is 22.0. The first-order chi connectivity index (χ1) is 28.9. The third-order valence-corrected chi connectivity index (χ3v) is 16.9. The minimum absolute atomic E-state index is 0.0634. The summed E-state index contributed by atoms with van der Waals surface area (Å²) in [5.41, 5.74) is -1.21. The van der Waals surface area contributed by atoms with E-state index in [1.807, 2.05) is 0 Å². The lowest BCUT2D eigenvalue weighted by molar-refractivity contribution is -0.367. The number of esters is 1. The van der Waals surface area contributed by atoms with Gasteiger partial charge in [0, 0.05) is 18.6 Å². The molecule has 1 spiro atoms. The number of methoxy groups -OCH3 is 1. The molecule has 61 heavy (non-hydrogen) atoms. The van der Waals surface area contributed by atoms with E-state index in [2.05, 4.69) is 13.8 Å². The van der Waals surface area contributed by atoms with Gasteiger partial charge in [0.15, 0.2) is 18.9 Å². The molecule has 346 valence electrons. The van der Waals surface area contributed by atoms with Gasteiger partial charge in [-0.05, 0) is 87.0 Å². The molecule has 0 aromatic heterocycles. The van der Waals surface area contributed by atoms with Gasteiger partial charge in [0.2, 0.25) is 0 Å². The van der Waals surface area contributed by atoms with Crippen LogP contribution in [0.5, 0.6) is 0 Å². The summed E-state index contributed by atoms with van der Waals surface area (Å²) in [4.78, 5) is 12.0. The number of ether oxygens (including phenoxy) is 9. The van der Waals surface area contributed by atoms with Crippen LogP contribution >= 0.6 is 0 Å². The average Bonchev–Trinajstić information content (AvgIpc) is 3.68. The summed E-state index contributed by atoms with van der Waals surface area (Å²) in [5, 5.41) is 96.9. The highest BCUT2D eigenvalue weighted by molar-refractivity contribution is 5.85. The molecule has 19 nitrogen and oxygen atoms in total. The second-order valence-corrected chi connectivity index (χ2v) is 19.7. The Morgan fingerprint density at radius 2 is 1.46 bits per heavy atom. The van der Waals surface area contributed by atoms with Crippen LogP contribution in [0, 0.1) is 28.6 Å². The highest BCUT2D eigenvalue weighted by atomic mass is 16.8. The standard InChI is InChI=1S/C42H64O19/c1-17-34(60-37-32(50)30(48)28(46)23(59-37)16-55-36-31(49)29(47)27(45)22(14-43)58-36)35(53-4)33(51)38(56-17)57-20-5-8-39(2)19(12-20)13-25-42(61-25)24(39)7-9-40(3)21(6-10-41(40,42)52)18-11-26(44)54-15-18/h11,17,19-25,27-38,43,45-52H,5-10,12-16H2,1-4H3/t17-,19-,20-,21+,22+,23+,24+,25-,27+,28+,29-,30-,31+,32+,33-,34-,35-,36-,37+,38-,39-,40+,41+,42+/m0/s1. The van der Waals surface area contributed by atoms with Gasteiger partial charge in [-0.2, -0.15) is 0 Å². The first kappa shape index (κ1) is 44.7. The molecule has 4 aliphatic carbocycles. The predicted molar refractivity (Wildman–Crippen MR) is 203 cm³/mol. The van der Waals surface area contributed by atoms with Crippen LogP contribution in [0.1, 0.15) is 72.1 Å². The number of aliphatic hydroxyl groups is 9. The van der Waals surface area contributed by atoms with E-state index in [1.165, 1.54) is 7.11 Å². The van der Waals surface area contributed by atoms with Gasteiger partial charge in [0.25, 0.3) is 0 Å². The fourth-order valence-corrected chi connectivity index (χ4v) is 13.4. The Morgan fingerprint density at radius 3 is 2.15 bits per heavy atom. The molecule has 4 saturated carbocycles. The van der Waals surface area contributed by atoms with E-state index in [-0.39, 0.29) is 48.0 Å². The molecule has 0 bridgehead atoms. The minimum Gasteiger partial charge on any atom is -0.458 e. The molecule has 5 heterocycles. The van der Waals surface area contributed by atoms with Gasteiger partial charge in [-0.3, -0.25) is 0 Å². The van der Waals surface area contributed by atoms with Crippen molar-refractivity contribution in [3.8, 4) is 0 Å². The quantitative estimate of drug-likeness (QED) is 0.0645. The largest absolute Gasteiger partial charge is 0.458 e. The molecule has 9 rings (SSSR count). The molecule has 24 atom stereocenters. The molecular weight excluding hydrogens is 808 g/mol. The Balaban J connectivity index is 0.823. The highest BCUT2D eigenvalue weighted by Crippen LogP contribution is 2.77. The number of cyclic esters (lactones) is 1. The highest BCUT2D eigenvalue weighted by Gasteiger charge is 2.84. The van der Waals surface area contributed by atoms with Crippen LogP contribution in [-0.4, -0.2) is 194 Å². The number of aliphatic hydroxyl groups excluding tert-OH is 8. The maximum Gasteiger partial charge on any atom is 0.331 e. The lowest BCUT2D eigenvalue weighted by Crippen LogP contribution is -2.68. The van der Waals surface area contributed by atoms with Crippen molar-refractivity contribution in [3.05, 3.63) is 11.6 Å². The Morgan fingerprint density at radius 1 is 0.770 bits per heavy atom. The number of hydrogen-bond acceptors (Lipinski definition) is 19. The fourth-order valence-electron chi connectivity index (χ4n) is 13.4. The van der Waals surface area contributed by atoms with Crippen LogP contribution in [-0.2, 0) is 47.4 Å². The minimum atomic E-state index is -1.78.